The molecule has 0 unspecified atom stereocenters. The van der Waals surface area contributed by atoms with E-state index in [4.69, 9.17) is 23.2 Å². The van der Waals surface area contributed by atoms with Crippen molar-refractivity contribution in [3.63, 3.8) is 0 Å². The lowest BCUT2D eigenvalue weighted by Crippen LogP contribution is -1.87. The first-order valence-corrected chi connectivity index (χ1v) is 5.37. The van der Waals surface area contributed by atoms with E-state index in [0.717, 1.165) is 11.1 Å². The van der Waals surface area contributed by atoms with Crippen LogP contribution >= 0.6 is 23.2 Å². The maximum Gasteiger partial charge on any atom is 0.0459 e. The molecule has 2 rings (SSSR count). The van der Waals surface area contributed by atoms with E-state index in [9.17, 15) is 0 Å². The molecule has 1 radical (unpaired) electrons. The van der Waals surface area contributed by atoms with Crippen molar-refractivity contribution in [2.75, 3.05) is 0 Å². The van der Waals surface area contributed by atoms with Gasteiger partial charge >= 0.3 is 0 Å². The van der Waals surface area contributed by atoms with E-state index in [-0.39, 0.29) is 0 Å². The largest absolute Gasteiger partial charge is 0.0840 e. The molecule has 2 aromatic carbocycles. The summed E-state index contributed by atoms with van der Waals surface area (Å²) in [6.45, 7) is 0. The topological polar surface area (TPSA) is 0 Å². The average Bonchev–Trinajstić information content (AvgIpc) is 2.25. The summed E-state index contributed by atoms with van der Waals surface area (Å²) >= 11 is 12.1. The molecule has 0 bridgehead atoms. The normalized spacial score (nSPS) is 10.3. The Hall–Kier alpha value is -0.980. The minimum absolute atomic E-state index is 0.673. The molecule has 75 valence electrons. The highest BCUT2D eigenvalue weighted by Gasteiger charge is 2.05. The van der Waals surface area contributed by atoms with E-state index >= 15 is 0 Å². The highest BCUT2D eigenvalue weighted by Crippen LogP contribution is 2.27. The van der Waals surface area contributed by atoms with Gasteiger partial charge in [-0.1, -0.05) is 59.6 Å². The third-order valence-electron chi connectivity index (χ3n) is 2.11. The molecule has 0 aliphatic heterocycles. The van der Waals surface area contributed by atoms with Crippen LogP contribution in [0.1, 0.15) is 11.1 Å². The van der Waals surface area contributed by atoms with E-state index in [2.05, 4.69) is 0 Å². The number of halogens is 2. The van der Waals surface area contributed by atoms with Gasteiger partial charge in [0, 0.05) is 16.5 Å². The zero-order valence-corrected chi connectivity index (χ0v) is 9.46. The SMILES string of the molecule is Clc1cccc(Cl)c1[CH]c1ccccc1. The first kappa shape index (κ1) is 10.5. The van der Waals surface area contributed by atoms with Gasteiger partial charge in [-0.15, -0.1) is 0 Å². The predicted octanol–water partition coefficient (Wildman–Crippen LogP) is 4.59. The molecule has 0 aromatic heterocycles. The molecule has 2 aromatic rings. The van der Waals surface area contributed by atoms with Gasteiger partial charge in [-0.25, -0.2) is 0 Å². The van der Waals surface area contributed by atoms with E-state index < -0.39 is 0 Å². The molecule has 0 saturated heterocycles. The highest BCUT2D eigenvalue weighted by molar-refractivity contribution is 6.36. The monoisotopic (exact) mass is 235 g/mol. The van der Waals surface area contributed by atoms with Crippen LogP contribution in [-0.2, 0) is 0 Å². The van der Waals surface area contributed by atoms with Gasteiger partial charge in [-0.05, 0) is 23.3 Å². The van der Waals surface area contributed by atoms with Crippen LogP contribution in [0.15, 0.2) is 48.5 Å². The summed E-state index contributed by atoms with van der Waals surface area (Å²) in [6.07, 6.45) is 1.98. The first-order chi connectivity index (χ1) is 7.27. The number of hydrogen-bond donors (Lipinski definition) is 0. The second kappa shape index (κ2) is 4.69. The number of rotatable bonds is 2. The molecule has 0 aliphatic carbocycles. The Morgan fingerprint density at radius 2 is 1.33 bits per heavy atom. The molecular weight excluding hydrogens is 227 g/mol. The second-order valence-electron chi connectivity index (χ2n) is 3.19. The number of hydrogen-bond acceptors (Lipinski definition) is 0. The molecule has 0 saturated carbocycles. The molecule has 15 heavy (non-hydrogen) atoms. The molecule has 0 spiro atoms. The fourth-order valence-electron chi connectivity index (χ4n) is 1.36. The zero-order valence-electron chi connectivity index (χ0n) is 7.95. The molecular formula is C13H9Cl2. The quantitative estimate of drug-likeness (QED) is 0.715. The van der Waals surface area contributed by atoms with Crippen molar-refractivity contribution in [3.8, 4) is 0 Å². The van der Waals surface area contributed by atoms with Gasteiger partial charge in [0.05, 0.1) is 0 Å². The van der Waals surface area contributed by atoms with Crippen molar-refractivity contribution in [2.45, 2.75) is 0 Å². The maximum atomic E-state index is 6.06. The van der Waals surface area contributed by atoms with Crippen LogP contribution < -0.4 is 0 Å². The Labute approximate surface area is 99.5 Å². The van der Waals surface area contributed by atoms with Crippen LogP contribution in [-0.4, -0.2) is 0 Å². The lowest BCUT2D eigenvalue weighted by atomic mass is 10.1. The minimum atomic E-state index is 0.673. The molecule has 0 fully saturated rings. The second-order valence-corrected chi connectivity index (χ2v) is 4.00. The molecule has 0 heterocycles. The van der Waals surface area contributed by atoms with Gasteiger partial charge in [0.25, 0.3) is 0 Å². The van der Waals surface area contributed by atoms with Crippen molar-refractivity contribution < 1.29 is 0 Å². The smallest absolute Gasteiger partial charge is 0.0459 e. The van der Waals surface area contributed by atoms with Crippen molar-refractivity contribution >= 4 is 23.2 Å². The summed E-state index contributed by atoms with van der Waals surface area (Å²) in [7, 11) is 0. The summed E-state index contributed by atoms with van der Waals surface area (Å²) in [5.74, 6) is 0. The van der Waals surface area contributed by atoms with Crippen LogP contribution in [0.25, 0.3) is 0 Å². The van der Waals surface area contributed by atoms with Crippen LogP contribution in [0.3, 0.4) is 0 Å². The average molecular weight is 236 g/mol. The molecule has 0 nitrogen and oxygen atoms in total. The highest BCUT2D eigenvalue weighted by atomic mass is 35.5. The van der Waals surface area contributed by atoms with E-state index in [1.807, 2.05) is 55.0 Å². The van der Waals surface area contributed by atoms with Crippen molar-refractivity contribution in [2.24, 2.45) is 0 Å². The summed E-state index contributed by atoms with van der Waals surface area (Å²) in [6, 6.07) is 15.5. The molecule has 0 N–H and O–H groups in total. The van der Waals surface area contributed by atoms with E-state index in [1.54, 1.807) is 0 Å². The summed E-state index contributed by atoms with van der Waals surface area (Å²) in [5, 5.41) is 1.35. The van der Waals surface area contributed by atoms with Gasteiger partial charge in [-0.2, -0.15) is 0 Å². The minimum Gasteiger partial charge on any atom is -0.0840 e. The van der Waals surface area contributed by atoms with Gasteiger partial charge in [0.2, 0.25) is 0 Å². The van der Waals surface area contributed by atoms with Gasteiger partial charge in [0.15, 0.2) is 0 Å². The fourth-order valence-corrected chi connectivity index (χ4v) is 1.87. The zero-order chi connectivity index (χ0) is 10.7. The fraction of sp³-hybridized carbons (Fsp3) is 0. The maximum absolute atomic E-state index is 6.06. The Bertz CT molecular complexity index is 429. The molecule has 0 atom stereocenters. The van der Waals surface area contributed by atoms with Crippen LogP contribution in [0.5, 0.6) is 0 Å². The standard InChI is InChI=1S/C13H9Cl2/c14-12-7-4-8-13(15)11(12)9-10-5-2-1-3-6-10/h1-9H. The molecule has 0 amide bonds. The summed E-state index contributed by atoms with van der Waals surface area (Å²) in [4.78, 5) is 0. The van der Waals surface area contributed by atoms with Crippen LogP contribution in [0.4, 0.5) is 0 Å². The first-order valence-electron chi connectivity index (χ1n) is 4.61. The molecule has 2 heteroatoms. The lowest BCUT2D eigenvalue weighted by Gasteiger charge is -2.05. The van der Waals surface area contributed by atoms with Gasteiger partial charge < -0.3 is 0 Å². The Morgan fingerprint density at radius 3 is 1.93 bits per heavy atom. The summed E-state index contributed by atoms with van der Waals surface area (Å²) in [5.41, 5.74) is 1.96. The van der Waals surface area contributed by atoms with Crippen LogP contribution in [0.2, 0.25) is 10.0 Å². The third kappa shape index (κ3) is 2.53. The van der Waals surface area contributed by atoms with Crippen molar-refractivity contribution in [1.82, 2.24) is 0 Å². The predicted molar refractivity (Wildman–Crippen MR) is 65.4 cm³/mol. The van der Waals surface area contributed by atoms with E-state index in [0.29, 0.717) is 10.0 Å². The number of benzene rings is 2. The third-order valence-corrected chi connectivity index (χ3v) is 2.77. The van der Waals surface area contributed by atoms with Gasteiger partial charge in [-0.3, -0.25) is 0 Å². The van der Waals surface area contributed by atoms with Crippen LogP contribution in [0, 0.1) is 6.42 Å². The molecule has 0 aliphatic rings. The Morgan fingerprint density at radius 1 is 0.733 bits per heavy atom. The Kier molecular flexibility index (Phi) is 3.30. The van der Waals surface area contributed by atoms with Crippen molar-refractivity contribution in [1.29, 1.82) is 0 Å². The Balaban J connectivity index is 2.32. The van der Waals surface area contributed by atoms with Gasteiger partial charge in [0.1, 0.15) is 0 Å². The van der Waals surface area contributed by atoms with Crippen molar-refractivity contribution in [3.05, 3.63) is 76.1 Å². The lowest BCUT2D eigenvalue weighted by molar-refractivity contribution is 1.43. The van der Waals surface area contributed by atoms with E-state index in [1.165, 1.54) is 0 Å². The summed E-state index contributed by atoms with van der Waals surface area (Å²) < 4.78 is 0.